The van der Waals surface area contributed by atoms with Crippen molar-refractivity contribution in [3.05, 3.63) is 18.2 Å². The van der Waals surface area contributed by atoms with Gasteiger partial charge in [-0.15, -0.1) is 24.0 Å². The lowest BCUT2D eigenvalue weighted by Crippen LogP contribution is -2.40. The number of nitrogens with zero attached hydrogens (tertiary/aromatic N) is 2. The van der Waals surface area contributed by atoms with Crippen LogP contribution in [-0.2, 0) is 0 Å². The second-order valence-electron chi connectivity index (χ2n) is 7.31. The Morgan fingerprint density at radius 1 is 1.19 bits per heavy atom. The number of halogens is 4. The lowest BCUT2D eigenvalue weighted by atomic mass is 9.93. The quantitative estimate of drug-likeness (QED) is 0.260. The van der Waals surface area contributed by atoms with Crippen LogP contribution in [-0.4, -0.2) is 63.5 Å². The van der Waals surface area contributed by atoms with Crippen LogP contribution in [0.2, 0.25) is 0 Å². The highest BCUT2D eigenvalue weighted by molar-refractivity contribution is 14.0. The van der Waals surface area contributed by atoms with Crippen molar-refractivity contribution >= 4 is 35.6 Å². The van der Waals surface area contributed by atoms with Gasteiger partial charge < -0.3 is 20.1 Å². The Labute approximate surface area is 200 Å². The molecule has 31 heavy (non-hydrogen) atoms. The first-order valence-electron chi connectivity index (χ1n) is 10.5. The third-order valence-corrected chi connectivity index (χ3v) is 4.99. The summed E-state index contributed by atoms with van der Waals surface area (Å²) in [6.07, 6.45) is -1.69. The molecular weight excluding hydrogens is 524 g/mol. The number of benzene rings is 1. The molecule has 0 radical (unpaired) electrons. The summed E-state index contributed by atoms with van der Waals surface area (Å²) >= 11 is 0. The number of aliphatic imine (C=N–C) groups is 1. The van der Waals surface area contributed by atoms with Gasteiger partial charge in [0.2, 0.25) is 0 Å². The van der Waals surface area contributed by atoms with Crippen LogP contribution in [0.4, 0.5) is 18.9 Å². The van der Waals surface area contributed by atoms with E-state index in [-0.39, 0.29) is 24.0 Å². The number of guanidine groups is 1. The second kappa shape index (κ2) is 13.9. The fourth-order valence-corrected chi connectivity index (χ4v) is 3.51. The molecule has 1 aromatic rings. The van der Waals surface area contributed by atoms with Crippen molar-refractivity contribution in [1.82, 2.24) is 10.2 Å². The Morgan fingerprint density at radius 3 is 2.48 bits per heavy atom. The fourth-order valence-electron chi connectivity index (χ4n) is 3.51. The van der Waals surface area contributed by atoms with Gasteiger partial charge in [0.1, 0.15) is 0 Å². The van der Waals surface area contributed by atoms with E-state index in [0.717, 1.165) is 31.5 Å². The monoisotopic (exact) mass is 558 g/mol. The maximum absolute atomic E-state index is 12.5. The summed E-state index contributed by atoms with van der Waals surface area (Å²) in [5.41, 5.74) is 0.829. The summed E-state index contributed by atoms with van der Waals surface area (Å²) in [6, 6.07) is 5.61. The molecule has 0 saturated carbocycles. The van der Waals surface area contributed by atoms with E-state index in [0.29, 0.717) is 49.6 Å². The molecule has 1 fully saturated rings. The van der Waals surface area contributed by atoms with Crippen LogP contribution in [0, 0.1) is 5.92 Å². The zero-order chi connectivity index (χ0) is 22.0. The molecule has 0 aromatic heterocycles. The third kappa shape index (κ3) is 10.2. The van der Waals surface area contributed by atoms with Crippen LogP contribution in [0.1, 0.15) is 33.1 Å². The molecule has 2 rings (SSSR count). The van der Waals surface area contributed by atoms with E-state index in [4.69, 9.17) is 9.47 Å². The Kier molecular flexibility index (Phi) is 12.3. The number of hydrogen-bond donors (Lipinski definition) is 2. The van der Waals surface area contributed by atoms with Crippen LogP contribution in [0.15, 0.2) is 23.2 Å². The number of alkyl halides is 3. The Bertz CT molecular complexity index is 681. The number of ether oxygens (including phenoxy) is 2. The molecule has 0 atom stereocenters. The average Bonchev–Trinajstić information content (AvgIpc) is 2.69. The van der Waals surface area contributed by atoms with Crippen molar-refractivity contribution in [2.24, 2.45) is 10.9 Å². The molecule has 10 heteroatoms. The number of piperidine rings is 1. The Morgan fingerprint density at radius 2 is 1.90 bits per heavy atom. The first kappa shape index (κ1) is 27.6. The lowest BCUT2D eigenvalue weighted by Gasteiger charge is -2.32. The summed E-state index contributed by atoms with van der Waals surface area (Å²) in [5, 5.41) is 6.48. The molecule has 1 saturated heterocycles. The van der Waals surface area contributed by atoms with E-state index in [9.17, 15) is 13.2 Å². The Hall–Kier alpha value is -1.43. The van der Waals surface area contributed by atoms with Crippen LogP contribution in [0.5, 0.6) is 11.5 Å². The number of nitrogens with one attached hydrogen (secondary N) is 2. The summed E-state index contributed by atoms with van der Waals surface area (Å²) in [7, 11) is 1.60. The predicted molar refractivity (Wildman–Crippen MR) is 129 cm³/mol. The van der Waals surface area contributed by atoms with Gasteiger partial charge in [-0.3, -0.25) is 9.89 Å². The average molecular weight is 558 g/mol. The number of hydrogen-bond acceptors (Lipinski definition) is 4. The molecule has 0 amide bonds. The molecular formula is C21H34F3IN4O2. The maximum atomic E-state index is 12.5. The van der Waals surface area contributed by atoms with Gasteiger partial charge in [-0.1, -0.05) is 0 Å². The van der Waals surface area contributed by atoms with Crippen molar-refractivity contribution in [3.8, 4) is 11.5 Å². The van der Waals surface area contributed by atoms with Crippen LogP contribution < -0.4 is 20.1 Å². The molecule has 2 N–H and O–H groups in total. The standard InChI is InChI=1S/C21H33F3N4O2.HI/c1-4-25-20(27-17-6-7-18(30-5-2)19(14-17)29-3)26-11-8-16-9-12-28(13-10-16)15-21(22,23)24;/h6-7,14,16H,4-5,8-13,15H2,1-3H3,(H2,25,26,27);1H. The molecule has 178 valence electrons. The van der Waals surface area contributed by atoms with Gasteiger partial charge >= 0.3 is 6.18 Å². The summed E-state index contributed by atoms with van der Waals surface area (Å²) < 4.78 is 48.4. The van der Waals surface area contributed by atoms with E-state index in [1.807, 2.05) is 32.0 Å². The van der Waals surface area contributed by atoms with E-state index in [2.05, 4.69) is 15.6 Å². The summed E-state index contributed by atoms with van der Waals surface area (Å²) in [5.74, 6) is 2.40. The first-order chi connectivity index (χ1) is 14.3. The Balaban J connectivity index is 0.00000480. The van der Waals surface area contributed by atoms with Gasteiger partial charge in [0.25, 0.3) is 0 Å². The van der Waals surface area contributed by atoms with Crippen LogP contribution in [0.3, 0.4) is 0 Å². The molecule has 0 aliphatic carbocycles. The zero-order valence-corrected chi connectivity index (χ0v) is 20.8. The number of likely N-dealkylation sites (tertiary alicyclic amines) is 1. The highest BCUT2D eigenvalue weighted by Gasteiger charge is 2.32. The SMILES string of the molecule is CCNC(=NCCC1CCN(CC(F)(F)F)CC1)Nc1ccc(OCC)c(OC)c1.I. The number of rotatable bonds is 9. The van der Waals surface area contributed by atoms with E-state index in [1.165, 1.54) is 4.90 Å². The van der Waals surface area contributed by atoms with Crippen LogP contribution >= 0.6 is 24.0 Å². The largest absolute Gasteiger partial charge is 0.493 e. The molecule has 0 spiro atoms. The van der Waals surface area contributed by atoms with Gasteiger partial charge in [-0.05, 0) is 64.3 Å². The van der Waals surface area contributed by atoms with E-state index in [1.54, 1.807) is 7.11 Å². The number of anilines is 1. The number of methoxy groups -OCH3 is 1. The molecule has 1 aromatic carbocycles. The van der Waals surface area contributed by atoms with Crippen molar-refractivity contribution in [1.29, 1.82) is 0 Å². The minimum atomic E-state index is -4.12. The molecule has 0 bridgehead atoms. The minimum absolute atomic E-state index is 0. The smallest absolute Gasteiger partial charge is 0.401 e. The van der Waals surface area contributed by atoms with Gasteiger partial charge in [0.05, 0.1) is 20.3 Å². The highest BCUT2D eigenvalue weighted by Crippen LogP contribution is 2.30. The summed E-state index contributed by atoms with van der Waals surface area (Å²) in [4.78, 5) is 6.12. The molecule has 1 heterocycles. The lowest BCUT2D eigenvalue weighted by molar-refractivity contribution is -0.148. The fraction of sp³-hybridized carbons (Fsp3) is 0.667. The topological polar surface area (TPSA) is 58.1 Å². The minimum Gasteiger partial charge on any atom is -0.493 e. The maximum Gasteiger partial charge on any atom is 0.401 e. The van der Waals surface area contributed by atoms with Crippen molar-refractivity contribution in [2.45, 2.75) is 39.3 Å². The van der Waals surface area contributed by atoms with Gasteiger partial charge in [0.15, 0.2) is 17.5 Å². The molecule has 1 aliphatic rings. The van der Waals surface area contributed by atoms with Crippen molar-refractivity contribution < 1.29 is 22.6 Å². The normalized spacial score (nSPS) is 15.9. The van der Waals surface area contributed by atoms with E-state index < -0.39 is 12.7 Å². The van der Waals surface area contributed by atoms with Gasteiger partial charge in [-0.25, -0.2) is 0 Å². The highest BCUT2D eigenvalue weighted by atomic mass is 127. The van der Waals surface area contributed by atoms with Crippen molar-refractivity contribution in [3.63, 3.8) is 0 Å². The van der Waals surface area contributed by atoms with Crippen molar-refractivity contribution in [2.75, 3.05) is 51.8 Å². The molecule has 1 aliphatic heterocycles. The van der Waals surface area contributed by atoms with Gasteiger partial charge in [-0.2, -0.15) is 13.2 Å². The second-order valence-corrected chi connectivity index (χ2v) is 7.31. The third-order valence-electron chi connectivity index (χ3n) is 4.99. The predicted octanol–water partition coefficient (Wildman–Crippen LogP) is 4.75. The van der Waals surface area contributed by atoms with E-state index >= 15 is 0 Å². The molecule has 0 unspecified atom stereocenters. The van der Waals surface area contributed by atoms with Crippen LogP contribution in [0.25, 0.3) is 0 Å². The molecule has 6 nitrogen and oxygen atoms in total. The summed E-state index contributed by atoms with van der Waals surface area (Å²) in [6.45, 7) is 5.99. The first-order valence-corrected chi connectivity index (χ1v) is 10.5. The zero-order valence-electron chi connectivity index (χ0n) is 18.4. The van der Waals surface area contributed by atoms with Gasteiger partial charge in [0, 0.05) is 24.8 Å².